The molecule has 124 valence electrons. The second-order valence-corrected chi connectivity index (χ2v) is 5.55. The van der Waals surface area contributed by atoms with Crippen molar-refractivity contribution in [1.29, 1.82) is 0 Å². The predicted octanol–water partition coefficient (Wildman–Crippen LogP) is 3.78. The van der Waals surface area contributed by atoms with Crippen LogP contribution in [-0.4, -0.2) is 38.7 Å². The number of benzene rings is 2. The molecule has 3 rings (SSSR count). The third kappa shape index (κ3) is 4.69. The highest BCUT2D eigenvalue weighted by Crippen LogP contribution is 2.18. The number of rotatable bonds is 0. The van der Waals surface area contributed by atoms with Gasteiger partial charge in [0.05, 0.1) is 0 Å². The Morgan fingerprint density at radius 2 is 1.08 bits per heavy atom. The summed E-state index contributed by atoms with van der Waals surface area (Å²) in [5.41, 5.74) is 2.01. The first kappa shape index (κ1) is 16.2. The minimum Gasteiger partial charge on any atom is -0.489 e. The van der Waals surface area contributed by atoms with E-state index < -0.39 is 0 Å². The van der Waals surface area contributed by atoms with Crippen LogP contribution in [0.1, 0.15) is 24.0 Å². The summed E-state index contributed by atoms with van der Waals surface area (Å²) < 4.78 is 11.7. The molecule has 2 aromatic carbocycles. The van der Waals surface area contributed by atoms with Crippen molar-refractivity contribution in [3.63, 3.8) is 0 Å². The highest BCUT2D eigenvalue weighted by Gasteiger charge is 2.03. The van der Waals surface area contributed by atoms with E-state index in [1.165, 1.54) is 0 Å². The molecular formula is C20H22N2O2. The molecule has 0 amide bonds. The molecule has 0 bridgehead atoms. The number of para-hydroxylation sites is 2. The minimum absolute atomic E-state index is 0.482. The number of aliphatic imine (C=N–C) groups is 2. The van der Waals surface area contributed by atoms with E-state index in [1.807, 2.05) is 61.0 Å². The minimum atomic E-state index is 0.482. The standard InChI is InChI=1S/C20H22N2O2/c1-3-9-19-17(7-1)15-21-11-5-6-12-22-16-18-8-2-4-10-20(18)24-14-13-23-19/h1-4,7-10,15-16H,5-6,11-14H2. The lowest BCUT2D eigenvalue weighted by molar-refractivity contribution is 0.217. The van der Waals surface area contributed by atoms with Gasteiger partial charge in [0.15, 0.2) is 0 Å². The van der Waals surface area contributed by atoms with Gasteiger partial charge in [-0.3, -0.25) is 9.98 Å². The Hall–Kier alpha value is -2.62. The van der Waals surface area contributed by atoms with Crippen molar-refractivity contribution < 1.29 is 9.47 Å². The van der Waals surface area contributed by atoms with Crippen LogP contribution >= 0.6 is 0 Å². The van der Waals surface area contributed by atoms with Gasteiger partial charge in [-0.2, -0.15) is 0 Å². The lowest BCUT2D eigenvalue weighted by atomic mass is 10.2. The molecule has 24 heavy (non-hydrogen) atoms. The monoisotopic (exact) mass is 322 g/mol. The number of ether oxygens (including phenoxy) is 2. The van der Waals surface area contributed by atoms with Gasteiger partial charge in [-0.05, 0) is 37.1 Å². The smallest absolute Gasteiger partial charge is 0.128 e. The van der Waals surface area contributed by atoms with E-state index in [1.54, 1.807) is 0 Å². The van der Waals surface area contributed by atoms with Crippen LogP contribution in [0.2, 0.25) is 0 Å². The molecule has 2 aromatic rings. The number of hydrogen-bond donors (Lipinski definition) is 0. The average Bonchev–Trinajstić information content (AvgIpc) is 2.62. The molecule has 0 radical (unpaired) electrons. The third-order valence-corrected chi connectivity index (χ3v) is 3.72. The van der Waals surface area contributed by atoms with Crippen LogP contribution in [0.4, 0.5) is 0 Å². The number of fused-ring (bicyclic) bond motifs is 2. The van der Waals surface area contributed by atoms with E-state index in [4.69, 9.17) is 9.47 Å². The van der Waals surface area contributed by atoms with Gasteiger partial charge < -0.3 is 9.47 Å². The first-order valence-corrected chi connectivity index (χ1v) is 8.37. The highest BCUT2D eigenvalue weighted by atomic mass is 16.5. The second-order valence-electron chi connectivity index (χ2n) is 5.55. The number of hydrogen-bond acceptors (Lipinski definition) is 4. The zero-order valence-electron chi connectivity index (χ0n) is 13.7. The molecule has 0 saturated carbocycles. The van der Waals surface area contributed by atoms with Crippen molar-refractivity contribution in [2.24, 2.45) is 9.98 Å². The van der Waals surface area contributed by atoms with Gasteiger partial charge in [-0.1, -0.05) is 24.3 Å². The van der Waals surface area contributed by atoms with Gasteiger partial charge in [-0.15, -0.1) is 0 Å². The fourth-order valence-corrected chi connectivity index (χ4v) is 2.47. The lowest BCUT2D eigenvalue weighted by Crippen LogP contribution is -2.11. The fourth-order valence-electron chi connectivity index (χ4n) is 2.47. The lowest BCUT2D eigenvalue weighted by Gasteiger charge is -2.12. The summed E-state index contributed by atoms with van der Waals surface area (Å²) in [6, 6.07) is 15.9. The Morgan fingerprint density at radius 1 is 0.625 bits per heavy atom. The van der Waals surface area contributed by atoms with E-state index in [0.717, 1.165) is 48.6 Å². The molecule has 1 heterocycles. The van der Waals surface area contributed by atoms with Gasteiger partial charge >= 0.3 is 0 Å². The summed E-state index contributed by atoms with van der Waals surface area (Å²) in [5.74, 6) is 1.68. The number of nitrogens with zero attached hydrogens (tertiary/aromatic N) is 2. The van der Waals surface area contributed by atoms with Crippen molar-refractivity contribution >= 4 is 12.4 Å². The summed E-state index contributed by atoms with van der Waals surface area (Å²) in [6.07, 6.45) is 5.82. The van der Waals surface area contributed by atoms with Crippen LogP contribution < -0.4 is 9.47 Å². The first-order valence-electron chi connectivity index (χ1n) is 8.37. The summed E-state index contributed by atoms with van der Waals surface area (Å²) in [5, 5.41) is 0. The maximum atomic E-state index is 5.85. The van der Waals surface area contributed by atoms with Gasteiger partial charge in [0.25, 0.3) is 0 Å². The van der Waals surface area contributed by atoms with Crippen molar-refractivity contribution in [3.8, 4) is 11.5 Å². The largest absolute Gasteiger partial charge is 0.489 e. The van der Waals surface area contributed by atoms with Crippen molar-refractivity contribution in [2.45, 2.75) is 12.8 Å². The van der Waals surface area contributed by atoms with Gasteiger partial charge in [0.1, 0.15) is 24.7 Å². The van der Waals surface area contributed by atoms with E-state index in [-0.39, 0.29) is 0 Å². The molecule has 0 unspecified atom stereocenters. The maximum Gasteiger partial charge on any atom is 0.128 e. The van der Waals surface area contributed by atoms with Gasteiger partial charge in [-0.25, -0.2) is 0 Å². The Bertz CT molecular complexity index is 649. The van der Waals surface area contributed by atoms with E-state index in [2.05, 4.69) is 9.98 Å². The quantitative estimate of drug-likeness (QED) is 0.741. The molecular weight excluding hydrogens is 300 g/mol. The summed E-state index contributed by atoms with van der Waals surface area (Å²) >= 11 is 0. The topological polar surface area (TPSA) is 43.2 Å². The normalized spacial score (nSPS) is 15.7. The molecule has 0 spiro atoms. The Morgan fingerprint density at radius 3 is 1.58 bits per heavy atom. The molecule has 1 aliphatic heterocycles. The molecule has 0 N–H and O–H groups in total. The zero-order chi connectivity index (χ0) is 16.5. The predicted molar refractivity (Wildman–Crippen MR) is 98.0 cm³/mol. The highest BCUT2D eigenvalue weighted by molar-refractivity contribution is 5.84. The van der Waals surface area contributed by atoms with Crippen LogP contribution in [0.5, 0.6) is 11.5 Å². The molecule has 0 saturated heterocycles. The second kappa shape index (κ2) is 8.87. The molecule has 0 fully saturated rings. The van der Waals surface area contributed by atoms with Crippen LogP contribution in [0, 0.1) is 0 Å². The average molecular weight is 322 g/mol. The van der Waals surface area contributed by atoms with Crippen LogP contribution in [0.3, 0.4) is 0 Å². The summed E-state index contributed by atoms with van der Waals surface area (Å²) in [7, 11) is 0. The molecule has 0 atom stereocenters. The Balaban J connectivity index is 1.74. The molecule has 0 aromatic heterocycles. The Labute approximate surface area is 142 Å². The van der Waals surface area contributed by atoms with Gasteiger partial charge in [0, 0.05) is 36.6 Å². The van der Waals surface area contributed by atoms with Crippen LogP contribution in [0.25, 0.3) is 0 Å². The third-order valence-electron chi connectivity index (χ3n) is 3.72. The van der Waals surface area contributed by atoms with E-state index >= 15 is 0 Å². The molecule has 1 aliphatic rings. The summed E-state index contributed by atoms with van der Waals surface area (Å²) in [6.45, 7) is 2.58. The van der Waals surface area contributed by atoms with Crippen molar-refractivity contribution in [2.75, 3.05) is 26.3 Å². The van der Waals surface area contributed by atoms with Crippen LogP contribution in [-0.2, 0) is 0 Å². The van der Waals surface area contributed by atoms with Gasteiger partial charge in [0.2, 0.25) is 0 Å². The van der Waals surface area contributed by atoms with Crippen LogP contribution in [0.15, 0.2) is 58.5 Å². The maximum absolute atomic E-state index is 5.85. The molecule has 4 heteroatoms. The Kier molecular flexibility index (Phi) is 6.00. The van der Waals surface area contributed by atoms with E-state index in [9.17, 15) is 0 Å². The molecule has 0 aliphatic carbocycles. The SMILES string of the molecule is C1=NCCCCN=Cc2ccccc2OCCOc2ccccc21. The zero-order valence-corrected chi connectivity index (χ0v) is 13.7. The molecule has 4 nitrogen and oxygen atoms in total. The fraction of sp³-hybridized carbons (Fsp3) is 0.300. The van der Waals surface area contributed by atoms with E-state index in [0.29, 0.717) is 13.2 Å². The first-order chi connectivity index (χ1) is 11.9. The summed E-state index contributed by atoms with van der Waals surface area (Å²) in [4.78, 5) is 8.98. The van der Waals surface area contributed by atoms with Crippen molar-refractivity contribution in [3.05, 3.63) is 59.7 Å². The van der Waals surface area contributed by atoms with Crippen molar-refractivity contribution in [1.82, 2.24) is 0 Å².